The zero-order valence-corrected chi connectivity index (χ0v) is 9.99. The Hall–Kier alpha value is -0.120. The summed E-state index contributed by atoms with van der Waals surface area (Å²) in [4.78, 5) is 5.31. The van der Waals surface area contributed by atoms with Crippen molar-refractivity contribution in [3.63, 3.8) is 0 Å². The molecule has 1 saturated heterocycles. The van der Waals surface area contributed by atoms with Gasteiger partial charge < -0.3 is 5.73 Å². The van der Waals surface area contributed by atoms with Gasteiger partial charge in [-0.25, -0.2) is 0 Å². The monoisotopic (exact) mass is 211 g/mol. The third-order valence-corrected chi connectivity index (χ3v) is 3.86. The quantitative estimate of drug-likeness (QED) is 0.733. The van der Waals surface area contributed by atoms with Gasteiger partial charge in [-0.15, -0.1) is 0 Å². The fraction of sp³-hybridized carbons (Fsp3) is 1.00. The van der Waals surface area contributed by atoms with Gasteiger partial charge >= 0.3 is 0 Å². The zero-order chi connectivity index (χ0) is 10.7. The lowest BCUT2D eigenvalue weighted by Crippen LogP contribution is -2.50. The Morgan fingerprint density at radius 2 is 1.87 bits per heavy atom. The van der Waals surface area contributed by atoms with E-state index in [2.05, 4.69) is 16.7 Å². The highest BCUT2D eigenvalue weighted by Crippen LogP contribution is 2.27. The Morgan fingerprint density at radius 1 is 1.20 bits per heavy atom. The van der Waals surface area contributed by atoms with Crippen LogP contribution in [0.1, 0.15) is 32.6 Å². The summed E-state index contributed by atoms with van der Waals surface area (Å²) in [6, 6.07) is 1.68. The molecule has 1 unspecified atom stereocenters. The van der Waals surface area contributed by atoms with Gasteiger partial charge in [0, 0.05) is 38.3 Å². The molecule has 0 radical (unpaired) electrons. The molecule has 0 aromatic rings. The van der Waals surface area contributed by atoms with Crippen molar-refractivity contribution >= 4 is 0 Å². The van der Waals surface area contributed by atoms with Gasteiger partial charge in [0.05, 0.1) is 0 Å². The van der Waals surface area contributed by atoms with Gasteiger partial charge in [-0.05, 0) is 39.2 Å². The van der Waals surface area contributed by atoms with Gasteiger partial charge in [0.1, 0.15) is 0 Å². The maximum Gasteiger partial charge on any atom is 0.0113 e. The second kappa shape index (κ2) is 5.28. The molecule has 0 bridgehead atoms. The molecular weight excluding hydrogens is 186 g/mol. The SMILES string of the molecule is CC(CCCN)N1CCN(C2CC2)CC1. The molecule has 3 nitrogen and oxygen atoms in total. The first kappa shape index (κ1) is 11.4. The number of hydrogen-bond acceptors (Lipinski definition) is 3. The van der Waals surface area contributed by atoms with Crippen LogP contribution in [-0.2, 0) is 0 Å². The van der Waals surface area contributed by atoms with Crippen LogP contribution >= 0.6 is 0 Å². The number of nitrogens with two attached hydrogens (primary N) is 1. The first-order chi connectivity index (χ1) is 7.31. The Morgan fingerprint density at radius 3 is 2.40 bits per heavy atom. The minimum absolute atomic E-state index is 0.731. The molecule has 0 aromatic heterocycles. The van der Waals surface area contributed by atoms with Gasteiger partial charge in [0.2, 0.25) is 0 Å². The van der Waals surface area contributed by atoms with Gasteiger partial charge in [-0.3, -0.25) is 9.80 Å². The van der Waals surface area contributed by atoms with Gasteiger partial charge in [-0.1, -0.05) is 0 Å². The number of hydrogen-bond donors (Lipinski definition) is 1. The van der Waals surface area contributed by atoms with E-state index in [0.717, 1.165) is 18.6 Å². The minimum Gasteiger partial charge on any atom is -0.330 e. The second-order valence-corrected chi connectivity index (χ2v) is 5.08. The number of piperazine rings is 1. The largest absolute Gasteiger partial charge is 0.330 e. The van der Waals surface area contributed by atoms with Crippen molar-refractivity contribution in [3.05, 3.63) is 0 Å². The van der Waals surface area contributed by atoms with Crippen LogP contribution in [0.25, 0.3) is 0 Å². The molecule has 1 saturated carbocycles. The van der Waals surface area contributed by atoms with E-state index in [-0.39, 0.29) is 0 Å². The number of nitrogens with zero attached hydrogens (tertiary/aromatic N) is 2. The van der Waals surface area contributed by atoms with E-state index in [1.54, 1.807) is 0 Å². The summed E-state index contributed by atoms with van der Waals surface area (Å²) >= 11 is 0. The van der Waals surface area contributed by atoms with E-state index in [9.17, 15) is 0 Å². The fourth-order valence-corrected chi connectivity index (χ4v) is 2.58. The van der Waals surface area contributed by atoms with Crippen molar-refractivity contribution in [2.45, 2.75) is 44.7 Å². The average molecular weight is 211 g/mol. The smallest absolute Gasteiger partial charge is 0.0113 e. The molecule has 1 aliphatic heterocycles. The first-order valence-electron chi connectivity index (χ1n) is 6.49. The van der Waals surface area contributed by atoms with Crippen molar-refractivity contribution in [1.82, 2.24) is 9.80 Å². The van der Waals surface area contributed by atoms with Crippen molar-refractivity contribution in [3.8, 4) is 0 Å². The van der Waals surface area contributed by atoms with E-state index in [1.165, 1.54) is 51.9 Å². The lowest BCUT2D eigenvalue weighted by Gasteiger charge is -2.38. The second-order valence-electron chi connectivity index (χ2n) is 5.08. The molecule has 3 heteroatoms. The Balaban J connectivity index is 1.67. The summed E-state index contributed by atoms with van der Waals surface area (Å²) in [7, 11) is 0. The lowest BCUT2D eigenvalue weighted by atomic mass is 10.1. The van der Waals surface area contributed by atoms with E-state index in [0.29, 0.717) is 0 Å². The van der Waals surface area contributed by atoms with E-state index in [4.69, 9.17) is 5.73 Å². The summed E-state index contributed by atoms with van der Waals surface area (Å²) in [5.41, 5.74) is 5.55. The lowest BCUT2D eigenvalue weighted by molar-refractivity contribution is 0.0936. The molecule has 1 heterocycles. The van der Waals surface area contributed by atoms with Crippen LogP contribution in [0.15, 0.2) is 0 Å². The summed E-state index contributed by atoms with van der Waals surface area (Å²) in [6.07, 6.45) is 5.33. The van der Waals surface area contributed by atoms with Crippen molar-refractivity contribution in [1.29, 1.82) is 0 Å². The van der Waals surface area contributed by atoms with Crippen LogP contribution in [0, 0.1) is 0 Å². The van der Waals surface area contributed by atoms with E-state index >= 15 is 0 Å². The molecule has 1 atom stereocenters. The summed E-state index contributed by atoms with van der Waals surface area (Å²) in [5.74, 6) is 0. The van der Waals surface area contributed by atoms with Crippen molar-refractivity contribution in [2.24, 2.45) is 5.73 Å². The molecule has 2 aliphatic rings. The topological polar surface area (TPSA) is 32.5 Å². The van der Waals surface area contributed by atoms with Crippen LogP contribution < -0.4 is 5.73 Å². The Kier molecular flexibility index (Phi) is 4.00. The molecule has 1 aliphatic carbocycles. The molecule has 15 heavy (non-hydrogen) atoms. The third kappa shape index (κ3) is 3.16. The van der Waals surface area contributed by atoms with Crippen LogP contribution in [0.5, 0.6) is 0 Å². The Bertz CT molecular complexity index is 183. The Labute approximate surface area is 93.6 Å². The average Bonchev–Trinajstić information content (AvgIpc) is 3.10. The molecule has 0 aromatic carbocycles. The standard InChI is InChI=1S/C12H25N3/c1-11(3-2-6-13)14-7-9-15(10-8-14)12-4-5-12/h11-12H,2-10,13H2,1H3. The van der Waals surface area contributed by atoms with E-state index < -0.39 is 0 Å². The third-order valence-electron chi connectivity index (χ3n) is 3.86. The van der Waals surface area contributed by atoms with Gasteiger partial charge in [0.25, 0.3) is 0 Å². The summed E-state index contributed by atoms with van der Waals surface area (Å²) in [6.45, 7) is 8.30. The highest BCUT2D eigenvalue weighted by atomic mass is 15.3. The van der Waals surface area contributed by atoms with Crippen molar-refractivity contribution in [2.75, 3.05) is 32.7 Å². The number of rotatable bonds is 5. The fourth-order valence-electron chi connectivity index (χ4n) is 2.58. The van der Waals surface area contributed by atoms with Crippen LogP contribution in [0.3, 0.4) is 0 Å². The highest BCUT2D eigenvalue weighted by Gasteiger charge is 2.31. The maximum atomic E-state index is 5.55. The molecule has 2 rings (SSSR count). The normalized spacial score (nSPS) is 26.8. The van der Waals surface area contributed by atoms with Crippen LogP contribution in [-0.4, -0.2) is 54.6 Å². The molecule has 2 N–H and O–H groups in total. The molecule has 2 fully saturated rings. The molecule has 88 valence electrons. The maximum absolute atomic E-state index is 5.55. The first-order valence-corrected chi connectivity index (χ1v) is 6.49. The zero-order valence-electron chi connectivity index (χ0n) is 9.99. The predicted molar refractivity (Wildman–Crippen MR) is 63.9 cm³/mol. The molecule has 0 spiro atoms. The van der Waals surface area contributed by atoms with Crippen LogP contribution in [0.4, 0.5) is 0 Å². The summed E-state index contributed by atoms with van der Waals surface area (Å²) in [5, 5.41) is 0. The van der Waals surface area contributed by atoms with E-state index in [1.807, 2.05) is 0 Å². The van der Waals surface area contributed by atoms with Gasteiger partial charge in [0.15, 0.2) is 0 Å². The van der Waals surface area contributed by atoms with Gasteiger partial charge in [-0.2, -0.15) is 0 Å². The minimum atomic E-state index is 0.731. The van der Waals surface area contributed by atoms with Crippen molar-refractivity contribution < 1.29 is 0 Å². The van der Waals surface area contributed by atoms with Crippen LogP contribution in [0.2, 0.25) is 0 Å². The molecular formula is C12H25N3. The summed E-state index contributed by atoms with van der Waals surface area (Å²) < 4.78 is 0. The predicted octanol–water partition coefficient (Wildman–Crippen LogP) is 0.894. The highest BCUT2D eigenvalue weighted by molar-refractivity contribution is 4.88. The molecule has 0 amide bonds.